The Morgan fingerprint density at radius 2 is 2.06 bits per heavy atom. The van der Waals surface area contributed by atoms with E-state index in [1.165, 1.54) is 0 Å². The lowest BCUT2D eigenvalue weighted by atomic mass is 10.1. The molecule has 0 aliphatic carbocycles. The van der Waals surface area contributed by atoms with Crippen molar-refractivity contribution in [3.63, 3.8) is 0 Å². The molecular formula is C12H23FO2S. The standard InChI is InChI=1S/C12H23FO2S/c1-4-11(13)8-6-7-9-16-10(3)12(14)15-5-2/h10-11H,4-9H2,1-3H3. The van der Waals surface area contributed by atoms with Gasteiger partial charge in [-0.25, -0.2) is 4.39 Å². The van der Waals surface area contributed by atoms with E-state index >= 15 is 0 Å². The number of hydrogen-bond donors (Lipinski definition) is 0. The monoisotopic (exact) mass is 250 g/mol. The lowest BCUT2D eigenvalue weighted by Crippen LogP contribution is -2.17. The van der Waals surface area contributed by atoms with Crippen molar-refractivity contribution in [1.82, 2.24) is 0 Å². The van der Waals surface area contributed by atoms with E-state index in [1.54, 1.807) is 18.7 Å². The molecule has 0 bridgehead atoms. The Balaban J connectivity index is 3.40. The summed E-state index contributed by atoms with van der Waals surface area (Å²) in [6, 6.07) is 0. The van der Waals surface area contributed by atoms with Crippen molar-refractivity contribution in [2.24, 2.45) is 0 Å². The zero-order valence-corrected chi connectivity index (χ0v) is 11.3. The van der Waals surface area contributed by atoms with Crippen molar-refractivity contribution in [1.29, 1.82) is 0 Å². The third kappa shape index (κ3) is 7.97. The van der Waals surface area contributed by atoms with Crippen molar-refractivity contribution in [2.75, 3.05) is 12.4 Å². The maximum Gasteiger partial charge on any atom is 0.318 e. The average Bonchev–Trinajstić information content (AvgIpc) is 2.28. The predicted octanol–water partition coefficient (Wildman–Crippen LogP) is 3.59. The molecule has 0 aliphatic rings. The molecule has 0 aliphatic heterocycles. The Labute approximate surface area is 102 Å². The van der Waals surface area contributed by atoms with Crippen molar-refractivity contribution in [2.45, 2.75) is 57.9 Å². The van der Waals surface area contributed by atoms with Crippen LogP contribution in [0.15, 0.2) is 0 Å². The number of hydrogen-bond acceptors (Lipinski definition) is 3. The van der Waals surface area contributed by atoms with Gasteiger partial charge in [0.1, 0.15) is 0 Å². The fraction of sp³-hybridized carbons (Fsp3) is 0.917. The van der Waals surface area contributed by atoms with E-state index < -0.39 is 6.17 Å². The minimum Gasteiger partial charge on any atom is -0.465 e. The van der Waals surface area contributed by atoms with E-state index in [4.69, 9.17) is 4.74 Å². The molecule has 0 aromatic heterocycles. The molecule has 0 N–H and O–H groups in total. The number of ether oxygens (including phenoxy) is 1. The summed E-state index contributed by atoms with van der Waals surface area (Å²) in [6.45, 7) is 5.96. The number of rotatable bonds is 9. The maximum atomic E-state index is 12.9. The summed E-state index contributed by atoms with van der Waals surface area (Å²) in [5, 5.41) is -0.104. The Hall–Kier alpha value is -0.250. The third-order valence-electron chi connectivity index (χ3n) is 2.34. The molecule has 0 aromatic carbocycles. The quantitative estimate of drug-likeness (QED) is 0.462. The second-order valence-corrected chi connectivity index (χ2v) is 5.22. The molecule has 96 valence electrons. The van der Waals surface area contributed by atoms with E-state index in [0.717, 1.165) is 18.6 Å². The molecule has 0 radical (unpaired) electrons. The Kier molecular flexibility index (Phi) is 9.78. The number of alkyl halides is 1. The van der Waals surface area contributed by atoms with Crippen molar-refractivity contribution in [3.8, 4) is 0 Å². The molecular weight excluding hydrogens is 227 g/mol. The van der Waals surface area contributed by atoms with Crippen LogP contribution in [0.2, 0.25) is 0 Å². The highest BCUT2D eigenvalue weighted by Gasteiger charge is 2.13. The van der Waals surface area contributed by atoms with Gasteiger partial charge in [-0.3, -0.25) is 4.79 Å². The molecule has 0 heterocycles. The van der Waals surface area contributed by atoms with E-state index in [9.17, 15) is 9.18 Å². The van der Waals surface area contributed by atoms with Crippen LogP contribution in [-0.4, -0.2) is 29.8 Å². The summed E-state index contributed by atoms with van der Waals surface area (Å²) in [6.07, 6.45) is 2.45. The van der Waals surface area contributed by atoms with Gasteiger partial charge in [0.25, 0.3) is 0 Å². The van der Waals surface area contributed by atoms with Gasteiger partial charge in [-0.05, 0) is 45.3 Å². The lowest BCUT2D eigenvalue weighted by molar-refractivity contribution is -0.142. The molecule has 2 unspecified atom stereocenters. The van der Waals surface area contributed by atoms with Gasteiger partial charge in [-0.2, -0.15) is 0 Å². The van der Waals surface area contributed by atoms with Gasteiger partial charge in [0.2, 0.25) is 0 Å². The fourth-order valence-electron chi connectivity index (χ4n) is 1.26. The fourth-order valence-corrected chi connectivity index (χ4v) is 2.19. The largest absolute Gasteiger partial charge is 0.465 e. The highest BCUT2D eigenvalue weighted by molar-refractivity contribution is 8.00. The lowest BCUT2D eigenvalue weighted by Gasteiger charge is -2.10. The zero-order chi connectivity index (χ0) is 12.4. The van der Waals surface area contributed by atoms with Gasteiger partial charge >= 0.3 is 5.97 Å². The molecule has 0 fully saturated rings. The summed E-state index contributed by atoms with van der Waals surface area (Å²) in [4.78, 5) is 11.3. The van der Waals surface area contributed by atoms with Crippen LogP contribution in [0.25, 0.3) is 0 Å². The summed E-state index contributed by atoms with van der Waals surface area (Å²) in [5.74, 6) is 0.751. The molecule has 2 nitrogen and oxygen atoms in total. The molecule has 4 heteroatoms. The number of thioether (sulfide) groups is 1. The van der Waals surface area contributed by atoms with Crippen LogP contribution in [-0.2, 0) is 9.53 Å². The maximum absolute atomic E-state index is 12.9. The molecule has 0 rings (SSSR count). The molecule has 0 aromatic rings. The van der Waals surface area contributed by atoms with Crippen molar-refractivity contribution in [3.05, 3.63) is 0 Å². The molecule has 0 saturated carbocycles. The first kappa shape index (κ1) is 15.8. The Morgan fingerprint density at radius 1 is 1.38 bits per heavy atom. The van der Waals surface area contributed by atoms with Crippen LogP contribution >= 0.6 is 11.8 Å². The predicted molar refractivity (Wildman–Crippen MR) is 67.6 cm³/mol. The third-order valence-corrected chi connectivity index (χ3v) is 3.56. The Bertz CT molecular complexity index is 188. The number of carbonyl (C=O) groups is 1. The smallest absolute Gasteiger partial charge is 0.318 e. The van der Waals surface area contributed by atoms with Crippen LogP contribution in [0.5, 0.6) is 0 Å². The highest BCUT2D eigenvalue weighted by Crippen LogP contribution is 2.16. The number of unbranched alkanes of at least 4 members (excludes halogenated alkanes) is 1. The van der Waals surface area contributed by atoms with Gasteiger partial charge in [-0.15, -0.1) is 11.8 Å². The first-order valence-electron chi connectivity index (χ1n) is 6.04. The molecule has 16 heavy (non-hydrogen) atoms. The summed E-state index contributed by atoms with van der Waals surface area (Å²) in [7, 11) is 0. The number of esters is 1. The molecule has 0 spiro atoms. The SMILES string of the molecule is CCOC(=O)C(C)SCCCCC(F)CC. The number of halogens is 1. The average molecular weight is 250 g/mol. The minimum atomic E-state index is -0.660. The van der Waals surface area contributed by atoms with Gasteiger partial charge in [0, 0.05) is 0 Å². The normalized spacial score (nSPS) is 14.5. The first-order valence-corrected chi connectivity index (χ1v) is 7.09. The van der Waals surface area contributed by atoms with Crippen LogP contribution in [0.4, 0.5) is 4.39 Å². The topological polar surface area (TPSA) is 26.3 Å². The van der Waals surface area contributed by atoms with Crippen molar-refractivity contribution < 1.29 is 13.9 Å². The molecule has 0 saturated heterocycles. The van der Waals surface area contributed by atoms with E-state index in [1.807, 2.05) is 13.8 Å². The van der Waals surface area contributed by atoms with Crippen LogP contribution < -0.4 is 0 Å². The highest BCUT2D eigenvalue weighted by atomic mass is 32.2. The van der Waals surface area contributed by atoms with Crippen molar-refractivity contribution >= 4 is 17.7 Å². The van der Waals surface area contributed by atoms with E-state index in [0.29, 0.717) is 19.4 Å². The van der Waals surface area contributed by atoms with Gasteiger partial charge < -0.3 is 4.74 Å². The van der Waals surface area contributed by atoms with Crippen LogP contribution in [0, 0.1) is 0 Å². The Morgan fingerprint density at radius 3 is 2.62 bits per heavy atom. The number of carbonyl (C=O) groups excluding carboxylic acids is 1. The van der Waals surface area contributed by atoms with Crippen LogP contribution in [0.1, 0.15) is 46.5 Å². The minimum absolute atomic E-state index is 0.104. The van der Waals surface area contributed by atoms with E-state index in [2.05, 4.69) is 0 Å². The second kappa shape index (κ2) is 9.94. The zero-order valence-electron chi connectivity index (χ0n) is 10.5. The van der Waals surface area contributed by atoms with Crippen LogP contribution in [0.3, 0.4) is 0 Å². The summed E-state index contributed by atoms with van der Waals surface area (Å²) < 4.78 is 17.8. The molecule has 0 amide bonds. The van der Waals surface area contributed by atoms with Gasteiger partial charge in [0.05, 0.1) is 18.0 Å². The summed E-state index contributed by atoms with van der Waals surface area (Å²) in [5.41, 5.74) is 0. The second-order valence-electron chi connectivity index (χ2n) is 3.77. The summed E-state index contributed by atoms with van der Waals surface area (Å²) >= 11 is 1.59. The molecule has 2 atom stereocenters. The van der Waals surface area contributed by atoms with Gasteiger partial charge in [0.15, 0.2) is 0 Å². The van der Waals surface area contributed by atoms with Gasteiger partial charge in [-0.1, -0.05) is 6.92 Å². The van der Waals surface area contributed by atoms with E-state index in [-0.39, 0.29) is 11.2 Å². The first-order chi connectivity index (χ1) is 7.61.